The smallest absolute Gasteiger partial charge is 0.251 e. The van der Waals surface area contributed by atoms with Gasteiger partial charge in [-0.3, -0.25) is 4.79 Å². The third kappa shape index (κ3) is 3.82. The Morgan fingerprint density at radius 1 is 1.38 bits per heavy atom. The Morgan fingerprint density at radius 3 is 2.44 bits per heavy atom. The molecule has 0 aliphatic rings. The highest BCUT2D eigenvalue weighted by Gasteiger charge is 2.07. The number of amides is 1. The number of nitrogens with zero attached hydrogens (tertiary/aromatic N) is 1. The zero-order chi connectivity index (χ0) is 12.1. The van der Waals surface area contributed by atoms with E-state index in [1.807, 2.05) is 6.07 Å². The first-order chi connectivity index (χ1) is 7.52. The van der Waals surface area contributed by atoms with Crippen molar-refractivity contribution in [1.82, 2.24) is 5.32 Å². The molecule has 0 saturated carbocycles. The molecule has 0 saturated heterocycles. The standard InChI is InChI=1S/C9H9Br2N3O2/c10-6-1-5(2-7(11)3-6)9(15)13-4-8(12)14-16/h1-3,16H,4H2,(H2,12,14)(H,13,15). The van der Waals surface area contributed by atoms with Gasteiger partial charge in [0.2, 0.25) is 0 Å². The van der Waals surface area contributed by atoms with Gasteiger partial charge in [0.1, 0.15) is 0 Å². The van der Waals surface area contributed by atoms with E-state index in [2.05, 4.69) is 42.3 Å². The maximum Gasteiger partial charge on any atom is 0.251 e. The van der Waals surface area contributed by atoms with Crippen LogP contribution in [-0.2, 0) is 0 Å². The lowest BCUT2D eigenvalue weighted by atomic mass is 10.2. The van der Waals surface area contributed by atoms with Gasteiger partial charge in [-0.25, -0.2) is 0 Å². The first-order valence-electron chi connectivity index (χ1n) is 4.23. The van der Waals surface area contributed by atoms with Crippen molar-refractivity contribution in [3.63, 3.8) is 0 Å². The van der Waals surface area contributed by atoms with Crippen LogP contribution in [0.15, 0.2) is 32.3 Å². The van der Waals surface area contributed by atoms with Crippen molar-refractivity contribution in [2.75, 3.05) is 6.54 Å². The molecule has 1 rings (SSSR count). The Balaban J connectivity index is 2.73. The van der Waals surface area contributed by atoms with Gasteiger partial charge in [-0.1, -0.05) is 37.0 Å². The fourth-order valence-corrected chi connectivity index (χ4v) is 2.29. The van der Waals surface area contributed by atoms with Gasteiger partial charge in [0.05, 0.1) is 6.54 Å². The molecule has 1 aromatic carbocycles. The molecule has 1 aromatic rings. The van der Waals surface area contributed by atoms with Crippen LogP contribution in [0, 0.1) is 0 Å². The number of carbonyl (C=O) groups is 1. The summed E-state index contributed by atoms with van der Waals surface area (Å²) in [6, 6.07) is 5.17. The quantitative estimate of drug-likeness (QED) is 0.335. The van der Waals surface area contributed by atoms with E-state index in [9.17, 15) is 4.79 Å². The van der Waals surface area contributed by atoms with Crippen LogP contribution >= 0.6 is 31.9 Å². The highest BCUT2D eigenvalue weighted by atomic mass is 79.9. The highest BCUT2D eigenvalue weighted by molar-refractivity contribution is 9.11. The van der Waals surface area contributed by atoms with E-state index >= 15 is 0 Å². The summed E-state index contributed by atoms with van der Waals surface area (Å²) in [7, 11) is 0. The zero-order valence-corrected chi connectivity index (χ0v) is 11.2. The van der Waals surface area contributed by atoms with Crippen LogP contribution in [0.25, 0.3) is 0 Å². The number of hydrogen-bond donors (Lipinski definition) is 3. The molecule has 0 fully saturated rings. The minimum Gasteiger partial charge on any atom is -0.409 e. The third-order valence-electron chi connectivity index (χ3n) is 1.68. The normalized spacial score (nSPS) is 11.2. The van der Waals surface area contributed by atoms with Crippen LogP contribution < -0.4 is 11.1 Å². The molecule has 16 heavy (non-hydrogen) atoms. The van der Waals surface area contributed by atoms with Crippen LogP contribution in [0.5, 0.6) is 0 Å². The molecule has 0 aliphatic heterocycles. The molecule has 4 N–H and O–H groups in total. The van der Waals surface area contributed by atoms with Crippen molar-refractivity contribution in [3.05, 3.63) is 32.7 Å². The van der Waals surface area contributed by atoms with E-state index in [-0.39, 0.29) is 18.3 Å². The molecular formula is C9H9Br2N3O2. The van der Waals surface area contributed by atoms with Crippen molar-refractivity contribution in [2.45, 2.75) is 0 Å². The summed E-state index contributed by atoms with van der Waals surface area (Å²) in [5.41, 5.74) is 5.70. The second kappa shape index (κ2) is 5.86. The Bertz CT molecular complexity index is 415. The summed E-state index contributed by atoms with van der Waals surface area (Å²) < 4.78 is 1.58. The maximum absolute atomic E-state index is 11.6. The molecule has 0 radical (unpaired) electrons. The lowest BCUT2D eigenvalue weighted by molar-refractivity contribution is 0.0959. The van der Waals surface area contributed by atoms with Crippen LogP contribution in [0.4, 0.5) is 0 Å². The number of benzene rings is 1. The van der Waals surface area contributed by atoms with E-state index in [0.29, 0.717) is 5.56 Å². The fourth-order valence-electron chi connectivity index (χ4n) is 0.993. The predicted octanol–water partition coefficient (Wildman–Crippen LogP) is 1.69. The number of hydrogen-bond acceptors (Lipinski definition) is 3. The van der Waals surface area contributed by atoms with Gasteiger partial charge in [0, 0.05) is 14.5 Å². The monoisotopic (exact) mass is 349 g/mol. The third-order valence-corrected chi connectivity index (χ3v) is 2.60. The van der Waals surface area contributed by atoms with Gasteiger partial charge in [-0.2, -0.15) is 0 Å². The topological polar surface area (TPSA) is 87.7 Å². The Labute approximate surface area is 109 Å². The summed E-state index contributed by atoms with van der Waals surface area (Å²) in [6.45, 7) is -0.000530. The zero-order valence-electron chi connectivity index (χ0n) is 8.08. The Hall–Kier alpha value is -1.08. The van der Waals surface area contributed by atoms with Gasteiger partial charge in [-0.05, 0) is 18.2 Å². The molecule has 0 aliphatic carbocycles. The summed E-state index contributed by atoms with van der Waals surface area (Å²) in [4.78, 5) is 11.6. The molecule has 0 aromatic heterocycles. The van der Waals surface area contributed by atoms with Crippen LogP contribution in [-0.4, -0.2) is 23.5 Å². The van der Waals surface area contributed by atoms with Crippen LogP contribution in [0.1, 0.15) is 10.4 Å². The van der Waals surface area contributed by atoms with Gasteiger partial charge < -0.3 is 16.3 Å². The highest BCUT2D eigenvalue weighted by Crippen LogP contribution is 2.19. The first kappa shape index (κ1) is 13.0. The Morgan fingerprint density at radius 2 is 1.94 bits per heavy atom. The number of carbonyl (C=O) groups excluding carboxylic acids is 1. The lowest BCUT2D eigenvalue weighted by Gasteiger charge is -2.05. The Kier molecular flexibility index (Phi) is 4.75. The van der Waals surface area contributed by atoms with Gasteiger partial charge in [0.15, 0.2) is 5.84 Å². The van der Waals surface area contributed by atoms with Gasteiger partial charge in [0.25, 0.3) is 5.91 Å². The number of rotatable bonds is 3. The average molecular weight is 351 g/mol. The molecule has 0 atom stereocenters. The maximum atomic E-state index is 11.6. The molecule has 1 amide bonds. The van der Waals surface area contributed by atoms with E-state index in [1.165, 1.54) is 0 Å². The molecule has 7 heteroatoms. The first-order valence-corrected chi connectivity index (χ1v) is 5.82. The molecule has 86 valence electrons. The van der Waals surface area contributed by atoms with E-state index in [4.69, 9.17) is 10.9 Å². The van der Waals surface area contributed by atoms with Crippen LogP contribution in [0.2, 0.25) is 0 Å². The number of halogens is 2. The average Bonchev–Trinajstić information content (AvgIpc) is 2.23. The SMILES string of the molecule is N/C(CNC(=O)c1cc(Br)cc(Br)c1)=N/O. The van der Waals surface area contributed by atoms with Gasteiger partial charge >= 0.3 is 0 Å². The number of amidine groups is 1. The molecule has 5 nitrogen and oxygen atoms in total. The number of oxime groups is 1. The second-order valence-electron chi connectivity index (χ2n) is 2.93. The number of nitrogens with one attached hydrogen (secondary N) is 1. The molecule has 0 spiro atoms. The summed E-state index contributed by atoms with van der Waals surface area (Å²) in [5, 5.41) is 13.6. The summed E-state index contributed by atoms with van der Waals surface area (Å²) in [5.74, 6) is -0.351. The van der Waals surface area contributed by atoms with Crippen molar-refractivity contribution in [3.8, 4) is 0 Å². The lowest BCUT2D eigenvalue weighted by Crippen LogP contribution is -2.33. The molecule has 0 bridgehead atoms. The minimum atomic E-state index is -0.298. The predicted molar refractivity (Wildman–Crippen MR) is 67.6 cm³/mol. The second-order valence-corrected chi connectivity index (χ2v) is 4.76. The fraction of sp³-hybridized carbons (Fsp3) is 0.111. The summed E-state index contributed by atoms with van der Waals surface area (Å²) in [6.07, 6.45) is 0. The van der Waals surface area contributed by atoms with Crippen molar-refractivity contribution < 1.29 is 10.0 Å². The van der Waals surface area contributed by atoms with Crippen molar-refractivity contribution in [2.24, 2.45) is 10.9 Å². The molecule has 0 unspecified atom stereocenters. The van der Waals surface area contributed by atoms with Gasteiger partial charge in [-0.15, -0.1) is 0 Å². The van der Waals surface area contributed by atoms with Crippen molar-refractivity contribution >= 4 is 43.6 Å². The van der Waals surface area contributed by atoms with E-state index in [1.54, 1.807) is 12.1 Å². The van der Waals surface area contributed by atoms with E-state index < -0.39 is 0 Å². The largest absolute Gasteiger partial charge is 0.409 e. The molecular weight excluding hydrogens is 342 g/mol. The summed E-state index contributed by atoms with van der Waals surface area (Å²) >= 11 is 6.55. The van der Waals surface area contributed by atoms with Crippen LogP contribution in [0.3, 0.4) is 0 Å². The van der Waals surface area contributed by atoms with E-state index in [0.717, 1.165) is 8.95 Å². The minimum absolute atomic E-state index is 0.000530. The molecule has 0 heterocycles. The van der Waals surface area contributed by atoms with Crippen molar-refractivity contribution in [1.29, 1.82) is 0 Å². The number of nitrogens with two attached hydrogens (primary N) is 1.